The van der Waals surface area contributed by atoms with Gasteiger partial charge < -0.3 is 9.84 Å². The number of ether oxygens (including phenoxy) is 1. The normalized spacial score (nSPS) is 11.3. The van der Waals surface area contributed by atoms with Gasteiger partial charge in [-0.15, -0.1) is 0 Å². The highest BCUT2D eigenvalue weighted by Gasteiger charge is 2.21. The molecule has 0 saturated carbocycles. The van der Waals surface area contributed by atoms with Gasteiger partial charge in [0.25, 0.3) is 0 Å². The maximum Gasteiger partial charge on any atom is 0.511 e. The van der Waals surface area contributed by atoms with Crippen molar-refractivity contribution in [3.63, 3.8) is 0 Å². The lowest BCUT2D eigenvalue weighted by molar-refractivity contribution is 0.144. The maximum atomic E-state index is 10.7. The fourth-order valence-electron chi connectivity index (χ4n) is 2.07. The zero-order valence-electron chi connectivity index (χ0n) is 11.6. The van der Waals surface area contributed by atoms with Crippen LogP contribution < -0.4 is 4.74 Å². The third-order valence-electron chi connectivity index (χ3n) is 2.92. The van der Waals surface area contributed by atoms with Crippen molar-refractivity contribution in [1.82, 2.24) is 0 Å². The number of carbonyl (C=O) groups is 1. The molecule has 3 nitrogen and oxygen atoms in total. The highest BCUT2D eigenvalue weighted by atomic mass is 16.7. The minimum absolute atomic E-state index is 0.0129. The molecule has 0 unspecified atom stereocenters. The van der Waals surface area contributed by atoms with Crippen LogP contribution in [0.25, 0.3) is 0 Å². The number of unbranched alkanes of at least 4 members (excludes halogenated alkanes) is 1. The van der Waals surface area contributed by atoms with Crippen molar-refractivity contribution in [3.8, 4) is 5.75 Å². The van der Waals surface area contributed by atoms with Crippen molar-refractivity contribution in [2.45, 2.75) is 52.4 Å². The molecule has 18 heavy (non-hydrogen) atoms. The van der Waals surface area contributed by atoms with Crippen LogP contribution >= 0.6 is 0 Å². The molecule has 0 atom stereocenters. The first kappa shape index (κ1) is 14.6. The summed E-state index contributed by atoms with van der Waals surface area (Å²) >= 11 is 0. The van der Waals surface area contributed by atoms with Crippen LogP contribution in [0.1, 0.15) is 51.7 Å². The molecule has 0 radical (unpaired) electrons. The lowest BCUT2D eigenvalue weighted by atomic mass is 9.82. The molecule has 0 bridgehead atoms. The SMILES string of the molecule is CCCCc1c(OC(=O)O)cccc1C(C)(C)C. The van der Waals surface area contributed by atoms with Crippen LogP contribution in [-0.4, -0.2) is 11.3 Å². The first-order valence-corrected chi connectivity index (χ1v) is 6.39. The molecule has 0 aromatic heterocycles. The van der Waals surface area contributed by atoms with Crippen LogP contribution in [0, 0.1) is 0 Å². The molecule has 1 N–H and O–H groups in total. The Balaban J connectivity index is 3.21. The molecular formula is C15H22O3. The second kappa shape index (κ2) is 5.89. The summed E-state index contributed by atoms with van der Waals surface area (Å²) < 4.78 is 4.89. The second-order valence-electron chi connectivity index (χ2n) is 5.50. The van der Waals surface area contributed by atoms with E-state index in [-0.39, 0.29) is 5.41 Å². The van der Waals surface area contributed by atoms with Crippen LogP contribution in [-0.2, 0) is 11.8 Å². The Kier molecular flexibility index (Phi) is 4.76. The van der Waals surface area contributed by atoms with E-state index in [9.17, 15) is 4.79 Å². The van der Waals surface area contributed by atoms with Crippen molar-refractivity contribution in [3.05, 3.63) is 29.3 Å². The van der Waals surface area contributed by atoms with E-state index >= 15 is 0 Å². The Morgan fingerprint density at radius 3 is 2.50 bits per heavy atom. The van der Waals surface area contributed by atoms with Gasteiger partial charge in [0, 0.05) is 0 Å². The number of rotatable bonds is 4. The molecule has 0 aliphatic rings. The van der Waals surface area contributed by atoms with E-state index in [1.165, 1.54) is 0 Å². The van der Waals surface area contributed by atoms with Crippen LogP contribution in [0.4, 0.5) is 4.79 Å². The van der Waals surface area contributed by atoms with Crippen molar-refractivity contribution in [2.24, 2.45) is 0 Å². The predicted octanol–water partition coefficient (Wildman–Crippen LogP) is 4.38. The number of hydrogen-bond donors (Lipinski definition) is 1. The van der Waals surface area contributed by atoms with Gasteiger partial charge in [0.15, 0.2) is 0 Å². The lowest BCUT2D eigenvalue weighted by Crippen LogP contribution is -2.16. The van der Waals surface area contributed by atoms with Gasteiger partial charge in [-0.2, -0.15) is 0 Å². The Labute approximate surface area is 109 Å². The van der Waals surface area contributed by atoms with E-state index in [2.05, 4.69) is 33.8 Å². The second-order valence-corrected chi connectivity index (χ2v) is 5.50. The Morgan fingerprint density at radius 2 is 2.00 bits per heavy atom. The highest BCUT2D eigenvalue weighted by molar-refractivity contribution is 5.62. The molecule has 1 rings (SSSR count). The monoisotopic (exact) mass is 250 g/mol. The summed E-state index contributed by atoms with van der Waals surface area (Å²) in [5, 5.41) is 8.79. The molecular weight excluding hydrogens is 228 g/mol. The van der Waals surface area contributed by atoms with Crippen LogP contribution in [0.3, 0.4) is 0 Å². The van der Waals surface area contributed by atoms with E-state index in [4.69, 9.17) is 9.84 Å². The molecule has 0 saturated heterocycles. The average Bonchev–Trinajstić information content (AvgIpc) is 2.25. The highest BCUT2D eigenvalue weighted by Crippen LogP contribution is 2.33. The van der Waals surface area contributed by atoms with Gasteiger partial charge in [0.1, 0.15) is 5.75 Å². The van der Waals surface area contributed by atoms with Crippen LogP contribution in [0.15, 0.2) is 18.2 Å². The third-order valence-corrected chi connectivity index (χ3v) is 2.92. The Hall–Kier alpha value is -1.51. The van der Waals surface area contributed by atoms with Gasteiger partial charge in [0.2, 0.25) is 0 Å². The third kappa shape index (κ3) is 3.76. The van der Waals surface area contributed by atoms with E-state index in [0.717, 1.165) is 30.4 Å². The topological polar surface area (TPSA) is 46.5 Å². The minimum atomic E-state index is -1.25. The first-order chi connectivity index (χ1) is 8.36. The van der Waals surface area contributed by atoms with E-state index in [1.54, 1.807) is 6.07 Å². The molecule has 1 aromatic carbocycles. The smallest absolute Gasteiger partial charge is 0.449 e. The van der Waals surface area contributed by atoms with Crippen molar-refractivity contribution < 1.29 is 14.6 Å². The van der Waals surface area contributed by atoms with Gasteiger partial charge in [0.05, 0.1) is 0 Å². The van der Waals surface area contributed by atoms with Crippen molar-refractivity contribution in [1.29, 1.82) is 0 Å². The maximum absolute atomic E-state index is 10.7. The predicted molar refractivity (Wildman–Crippen MR) is 72.4 cm³/mol. The molecule has 3 heteroatoms. The fourth-order valence-corrected chi connectivity index (χ4v) is 2.07. The minimum Gasteiger partial charge on any atom is -0.449 e. The van der Waals surface area contributed by atoms with Crippen LogP contribution in [0.2, 0.25) is 0 Å². The number of carboxylic acid groups (broad SMARTS) is 1. The average molecular weight is 250 g/mol. The van der Waals surface area contributed by atoms with Crippen molar-refractivity contribution in [2.75, 3.05) is 0 Å². The van der Waals surface area contributed by atoms with Crippen LogP contribution in [0.5, 0.6) is 5.75 Å². The number of benzene rings is 1. The molecule has 0 aliphatic carbocycles. The molecule has 0 spiro atoms. The van der Waals surface area contributed by atoms with E-state index in [1.807, 2.05) is 6.07 Å². The van der Waals surface area contributed by atoms with E-state index < -0.39 is 6.16 Å². The Morgan fingerprint density at radius 1 is 1.33 bits per heavy atom. The van der Waals surface area contributed by atoms with Gasteiger partial charge in [-0.25, -0.2) is 4.79 Å². The summed E-state index contributed by atoms with van der Waals surface area (Å²) in [5.74, 6) is 0.475. The summed E-state index contributed by atoms with van der Waals surface area (Å²) in [6.45, 7) is 8.50. The van der Waals surface area contributed by atoms with Gasteiger partial charge in [-0.05, 0) is 35.4 Å². The summed E-state index contributed by atoms with van der Waals surface area (Å²) in [7, 11) is 0. The lowest BCUT2D eigenvalue weighted by Gasteiger charge is -2.24. The van der Waals surface area contributed by atoms with Gasteiger partial charge >= 0.3 is 6.16 Å². The first-order valence-electron chi connectivity index (χ1n) is 6.39. The standard InChI is InChI=1S/C15H22O3/c1-5-6-8-11-12(15(2,3)4)9-7-10-13(11)18-14(16)17/h7,9-10H,5-6,8H2,1-4H3,(H,16,17). The molecule has 0 heterocycles. The molecule has 1 aromatic rings. The number of hydrogen-bond acceptors (Lipinski definition) is 2. The zero-order chi connectivity index (χ0) is 13.8. The van der Waals surface area contributed by atoms with Gasteiger partial charge in [-0.3, -0.25) is 0 Å². The molecule has 0 fully saturated rings. The largest absolute Gasteiger partial charge is 0.511 e. The summed E-state index contributed by atoms with van der Waals surface area (Å²) in [5.41, 5.74) is 2.17. The fraction of sp³-hybridized carbons (Fsp3) is 0.533. The molecule has 0 aliphatic heterocycles. The molecule has 0 amide bonds. The van der Waals surface area contributed by atoms with Crippen molar-refractivity contribution >= 4 is 6.16 Å². The molecule has 100 valence electrons. The Bertz CT molecular complexity index is 416. The summed E-state index contributed by atoms with van der Waals surface area (Å²) in [4.78, 5) is 10.7. The summed E-state index contributed by atoms with van der Waals surface area (Å²) in [6, 6.07) is 5.64. The summed E-state index contributed by atoms with van der Waals surface area (Å²) in [6.07, 6.45) is 1.71. The zero-order valence-corrected chi connectivity index (χ0v) is 11.6. The van der Waals surface area contributed by atoms with E-state index in [0.29, 0.717) is 5.75 Å². The van der Waals surface area contributed by atoms with Gasteiger partial charge in [-0.1, -0.05) is 46.2 Å². The quantitative estimate of drug-likeness (QED) is 0.637.